The minimum Gasteiger partial charge on any atom is -0.296 e. The minimum atomic E-state index is 0.579. The standard InChI is InChI=1S/C19H26N2/c1-4-6-14(5-2)18-12-9-16(13-20-18)19-15-7-10-17(11-8-15)21(19)3/h4-6,9,12-13,15,17,19H,7-8,10-11H2,1-3H3/b6-4-,14-5+. The van der Waals surface area contributed by atoms with Crippen LogP contribution in [0.5, 0.6) is 0 Å². The molecule has 2 saturated heterocycles. The van der Waals surface area contributed by atoms with Gasteiger partial charge in [-0.05, 0) is 69.7 Å². The van der Waals surface area contributed by atoms with Crippen LogP contribution in [-0.2, 0) is 0 Å². The molecule has 3 fully saturated rings. The van der Waals surface area contributed by atoms with E-state index in [1.54, 1.807) is 0 Å². The Morgan fingerprint density at radius 3 is 2.48 bits per heavy atom. The summed E-state index contributed by atoms with van der Waals surface area (Å²) in [5, 5.41) is 0. The Bertz CT molecular complexity index is 531. The topological polar surface area (TPSA) is 16.1 Å². The molecule has 1 unspecified atom stereocenters. The molecule has 112 valence electrons. The molecule has 0 spiro atoms. The Balaban J connectivity index is 1.84. The van der Waals surface area contributed by atoms with Crippen molar-refractivity contribution >= 4 is 5.57 Å². The van der Waals surface area contributed by atoms with Gasteiger partial charge in [-0.3, -0.25) is 9.88 Å². The number of nitrogens with zero attached hydrogens (tertiary/aromatic N) is 2. The van der Waals surface area contributed by atoms with Crippen LogP contribution in [0.25, 0.3) is 5.57 Å². The lowest BCUT2D eigenvalue weighted by Gasteiger charge is -2.50. The highest BCUT2D eigenvalue weighted by Gasteiger charge is 2.40. The Kier molecular flexibility index (Phi) is 4.25. The van der Waals surface area contributed by atoms with Crippen molar-refractivity contribution in [3.63, 3.8) is 0 Å². The molecule has 3 heterocycles. The fourth-order valence-corrected chi connectivity index (χ4v) is 4.15. The SMILES string of the molecule is C/C=C\C(=C/C)c1ccc(C2C3CCC(CC3)N2C)cn1. The molecule has 2 bridgehead atoms. The van der Waals surface area contributed by atoms with Crippen LogP contribution in [0.3, 0.4) is 0 Å². The lowest BCUT2D eigenvalue weighted by molar-refractivity contribution is 0.00715. The molecule has 2 nitrogen and oxygen atoms in total. The van der Waals surface area contributed by atoms with E-state index < -0.39 is 0 Å². The minimum absolute atomic E-state index is 0.579. The Hall–Kier alpha value is -1.41. The van der Waals surface area contributed by atoms with E-state index in [-0.39, 0.29) is 0 Å². The molecule has 0 amide bonds. The van der Waals surface area contributed by atoms with Crippen LogP contribution in [0.2, 0.25) is 0 Å². The number of hydrogen-bond donors (Lipinski definition) is 0. The highest BCUT2D eigenvalue weighted by molar-refractivity contribution is 5.71. The summed E-state index contributed by atoms with van der Waals surface area (Å²) in [4.78, 5) is 7.31. The van der Waals surface area contributed by atoms with Crippen molar-refractivity contribution in [3.05, 3.63) is 47.8 Å². The second-order valence-electron chi connectivity index (χ2n) is 6.40. The summed E-state index contributed by atoms with van der Waals surface area (Å²) in [7, 11) is 2.30. The molecule has 0 N–H and O–H groups in total. The highest BCUT2D eigenvalue weighted by atomic mass is 15.2. The molecule has 1 aromatic rings. The predicted octanol–water partition coefficient (Wildman–Crippen LogP) is 4.61. The normalized spacial score (nSPS) is 30.2. The summed E-state index contributed by atoms with van der Waals surface area (Å²) in [6, 6.07) is 5.83. The average molecular weight is 282 g/mol. The van der Waals surface area contributed by atoms with Gasteiger partial charge in [0, 0.05) is 18.3 Å². The molecule has 0 radical (unpaired) electrons. The molecule has 1 aromatic heterocycles. The van der Waals surface area contributed by atoms with E-state index in [9.17, 15) is 0 Å². The maximum atomic E-state index is 4.72. The van der Waals surface area contributed by atoms with Crippen molar-refractivity contribution in [2.24, 2.45) is 5.92 Å². The monoisotopic (exact) mass is 282 g/mol. The summed E-state index contributed by atoms with van der Waals surface area (Å²) in [6.07, 6.45) is 14.0. The first-order valence-corrected chi connectivity index (χ1v) is 8.22. The molecule has 3 aliphatic rings. The van der Waals surface area contributed by atoms with Crippen molar-refractivity contribution in [1.29, 1.82) is 0 Å². The Morgan fingerprint density at radius 1 is 1.19 bits per heavy atom. The zero-order valence-electron chi connectivity index (χ0n) is 13.4. The summed E-state index contributed by atoms with van der Waals surface area (Å²) in [5.74, 6) is 0.823. The first kappa shape index (κ1) is 14.5. The van der Waals surface area contributed by atoms with Crippen molar-refractivity contribution in [1.82, 2.24) is 9.88 Å². The maximum absolute atomic E-state index is 4.72. The third kappa shape index (κ3) is 2.69. The largest absolute Gasteiger partial charge is 0.296 e. The fourth-order valence-electron chi connectivity index (χ4n) is 4.15. The Labute approximate surface area is 128 Å². The fraction of sp³-hybridized carbons (Fsp3) is 0.526. The van der Waals surface area contributed by atoms with Crippen LogP contribution in [0.4, 0.5) is 0 Å². The van der Waals surface area contributed by atoms with Gasteiger partial charge in [0.2, 0.25) is 0 Å². The van der Waals surface area contributed by atoms with Gasteiger partial charge in [-0.25, -0.2) is 0 Å². The maximum Gasteiger partial charge on any atom is 0.0698 e. The molecule has 2 heteroatoms. The molecule has 21 heavy (non-hydrogen) atoms. The molecule has 1 saturated carbocycles. The summed E-state index contributed by atoms with van der Waals surface area (Å²) in [5.41, 5.74) is 3.66. The van der Waals surface area contributed by atoms with Gasteiger partial charge in [0.1, 0.15) is 0 Å². The zero-order chi connectivity index (χ0) is 14.8. The number of fused-ring (bicyclic) bond motifs is 3. The van der Waals surface area contributed by atoms with Crippen LogP contribution in [-0.4, -0.2) is 23.0 Å². The number of rotatable bonds is 3. The zero-order valence-corrected chi connectivity index (χ0v) is 13.4. The molecule has 1 atom stereocenters. The van der Waals surface area contributed by atoms with E-state index in [2.05, 4.69) is 55.4 Å². The van der Waals surface area contributed by atoms with Crippen LogP contribution >= 0.6 is 0 Å². The third-order valence-corrected chi connectivity index (χ3v) is 5.28. The smallest absolute Gasteiger partial charge is 0.0698 e. The van der Waals surface area contributed by atoms with Gasteiger partial charge in [0.25, 0.3) is 0 Å². The van der Waals surface area contributed by atoms with E-state index in [0.717, 1.165) is 17.7 Å². The summed E-state index contributed by atoms with van der Waals surface area (Å²) < 4.78 is 0. The van der Waals surface area contributed by atoms with E-state index in [4.69, 9.17) is 4.98 Å². The molecule has 4 rings (SSSR count). The molecule has 1 aliphatic carbocycles. The number of piperidine rings is 2. The average Bonchev–Trinajstić information content (AvgIpc) is 2.54. The quantitative estimate of drug-likeness (QED) is 0.753. The molecular formula is C19H26N2. The van der Waals surface area contributed by atoms with Gasteiger partial charge in [-0.15, -0.1) is 0 Å². The number of aromatic nitrogens is 1. The van der Waals surface area contributed by atoms with E-state index in [1.165, 1.54) is 36.8 Å². The van der Waals surface area contributed by atoms with Crippen molar-refractivity contribution < 1.29 is 0 Å². The van der Waals surface area contributed by atoms with Gasteiger partial charge >= 0.3 is 0 Å². The number of pyridine rings is 1. The first-order chi connectivity index (χ1) is 10.2. The number of hydrogen-bond acceptors (Lipinski definition) is 2. The van der Waals surface area contributed by atoms with Gasteiger partial charge < -0.3 is 0 Å². The van der Waals surface area contributed by atoms with E-state index >= 15 is 0 Å². The lowest BCUT2D eigenvalue weighted by Crippen LogP contribution is -2.47. The lowest BCUT2D eigenvalue weighted by atomic mass is 9.73. The first-order valence-electron chi connectivity index (χ1n) is 8.22. The van der Waals surface area contributed by atoms with Crippen molar-refractivity contribution in [3.8, 4) is 0 Å². The highest BCUT2D eigenvalue weighted by Crippen LogP contribution is 2.46. The van der Waals surface area contributed by atoms with E-state index in [1.807, 2.05) is 6.92 Å². The molecule has 0 aromatic carbocycles. The van der Waals surface area contributed by atoms with Gasteiger partial charge in [0.15, 0.2) is 0 Å². The van der Waals surface area contributed by atoms with Crippen LogP contribution in [0.1, 0.15) is 56.8 Å². The van der Waals surface area contributed by atoms with Crippen LogP contribution in [0.15, 0.2) is 36.6 Å². The second-order valence-corrected chi connectivity index (χ2v) is 6.40. The molecular weight excluding hydrogens is 256 g/mol. The van der Waals surface area contributed by atoms with E-state index in [0.29, 0.717) is 6.04 Å². The predicted molar refractivity (Wildman–Crippen MR) is 89.0 cm³/mol. The van der Waals surface area contributed by atoms with Crippen LogP contribution in [0, 0.1) is 5.92 Å². The third-order valence-electron chi connectivity index (χ3n) is 5.28. The molecule has 2 aliphatic heterocycles. The van der Waals surface area contributed by atoms with Crippen molar-refractivity contribution in [2.45, 2.75) is 51.6 Å². The number of allylic oxidation sites excluding steroid dienone is 4. The second kappa shape index (κ2) is 6.15. The van der Waals surface area contributed by atoms with Gasteiger partial charge in [-0.1, -0.05) is 24.3 Å². The summed E-state index contributed by atoms with van der Waals surface area (Å²) in [6.45, 7) is 4.12. The summed E-state index contributed by atoms with van der Waals surface area (Å²) >= 11 is 0. The van der Waals surface area contributed by atoms with Crippen LogP contribution < -0.4 is 0 Å². The van der Waals surface area contributed by atoms with Crippen molar-refractivity contribution in [2.75, 3.05) is 7.05 Å². The van der Waals surface area contributed by atoms with Gasteiger partial charge in [-0.2, -0.15) is 0 Å². The van der Waals surface area contributed by atoms with Gasteiger partial charge in [0.05, 0.1) is 5.69 Å². The Morgan fingerprint density at radius 2 is 1.95 bits per heavy atom.